The van der Waals surface area contributed by atoms with Gasteiger partial charge in [0.25, 0.3) is 0 Å². The summed E-state index contributed by atoms with van der Waals surface area (Å²) >= 11 is 0. The van der Waals surface area contributed by atoms with E-state index in [2.05, 4.69) is 5.16 Å². The molecule has 0 saturated heterocycles. The number of ether oxygens (including phenoxy) is 1. The van der Waals surface area contributed by atoms with Gasteiger partial charge in [0.15, 0.2) is 5.78 Å². The van der Waals surface area contributed by atoms with Crippen molar-refractivity contribution in [1.29, 1.82) is 0 Å². The van der Waals surface area contributed by atoms with Crippen LogP contribution in [0.25, 0.3) is 0 Å². The number of Topliss-reactive ketones (excluding diaryl/α,β-unsaturated/α-hetero) is 1. The zero-order valence-corrected chi connectivity index (χ0v) is 13.4. The minimum atomic E-state index is -0.212. The molecule has 5 heteroatoms. The summed E-state index contributed by atoms with van der Waals surface area (Å²) in [5.74, 6) is 0.552. The van der Waals surface area contributed by atoms with Crippen molar-refractivity contribution in [3.63, 3.8) is 0 Å². The highest BCUT2D eigenvalue weighted by Gasteiger charge is 2.42. The number of rotatable bonds is 4. The summed E-state index contributed by atoms with van der Waals surface area (Å²) in [7, 11) is 0. The van der Waals surface area contributed by atoms with E-state index in [-0.39, 0.29) is 23.4 Å². The Labute approximate surface area is 135 Å². The fraction of sp³-hybridized carbons (Fsp3) is 0.444. The van der Waals surface area contributed by atoms with E-state index in [9.17, 15) is 9.90 Å². The van der Waals surface area contributed by atoms with E-state index in [1.165, 1.54) is 0 Å². The first-order valence-electron chi connectivity index (χ1n) is 8.04. The van der Waals surface area contributed by atoms with Crippen molar-refractivity contribution >= 4 is 11.5 Å². The lowest BCUT2D eigenvalue weighted by Gasteiger charge is -2.36. The van der Waals surface area contributed by atoms with Crippen LogP contribution in [0.3, 0.4) is 0 Å². The minimum Gasteiger partial charge on any atom is -0.511 e. The number of aliphatic hydroxyl groups excluding tert-OH is 1. The van der Waals surface area contributed by atoms with Crippen molar-refractivity contribution < 1.29 is 19.5 Å². The third kappa shape index (κ3) is 2.71. The molecule has 1 aromatic carbocycles. The van der Waals surface area contributed by atoms with Crippen LogP contribution in [-0.4, -0.2) is 29.8 Å². The van der Waals surface area contributed by atoms with Gasteiger partial charge in [-0.3, -0.25) is 4.79 Å². The quantitative estimate of drug-likeness (QED) is 0.683. The Balaban J connectivity index is 2.01. The lowest BCUT2D eigenvalue weighted by molar-refractivity contribution is -0.116. The molecule has 1 N–H and O–H groups in total. The number of hydrogen-bond donors (Lipinski definition) is 1. The highest BCUT2D eigenvalue weighted by Crippen LogP contribution is 2.45. The Morgan fingerprint density at radius 2 is 2.13 bits per heavy atom. The zero-order chi connectivity index (χ0) is 16.4. The third-order valence-corrected chi connectivity index (χ3v) is 4.44. The number of hydrogen-bond acceptors (Lipinski definition) is 5. The van der Waals surface area contributed by atoms with Gasteiger partial charge in [0.1, 0.15) is 18.1 Å². The van der Waals surface area contributed by atoms with E-state index in [4.69, 9.17) is 9.57 Å². The minimum absolute atomic E-state index is 0.0404. The largest absolute Gasteiger partial charge is 0.511 e. The van der Waals surface area contributed by atoms with Crippen molar-refractivity contribution in [3.8, 4) is 5.75 Å². The first kappa shape index (κ1) is 15.6. The molecule has 122 valence electrons. The summed E-state index contributed by atoms with van der Waals surface area (Å²) in [5, 5.41) is 14.7. The molecule has 0 amide bonds. The smallest absolute Gasteiger partial charge is 0.168 e. The summed E-state index contributed by atoms with van der Waals surface area (Å²) < 4.78 is 5.76. The topological polar surface area (TPSA) is 68.1 Å². The predicted molar refractivity (Wildman–Crippen MR) is 86.8 cm³/mol. The average Bonchev–Trinajstić information content (AvgIpc) is 2.57. The molecule has 0 aromatic heterocycles. The molecule has 3 rings (SSSR count). The van der Waals surface area contributed by atoms with Crippen molar-refractivity contribution in [2.24, 2.45) is 11.1 Å². The van der Waals surface area contributed by atoms with E-state index in [0.717, 1.165) is 11.3 Å². The Bertz CT molecular complexity index is 677. The van der Waals surface area contributed by atoms with Crippen LogP contribution in [0.1, 0.15) is 38.2 Å². The average molecular weight is 315 g/mol. The van der Waals surface area contributed by atoms with Gasteiger partial charge in [-0.1, -0.05) is 30.3 Å². The van der Waals surface area contributed by atoms with Crippen molar-refractivity contribution in [2.45, 2.75) is 32.6 Å². The van der Waals surface area contributed by atoms with Gasteiger partial charge in [-0.15, -0.1) is 0 Å². The Hall–Kier alpha value is -2.30. The Morgan fingerprint density at radius 3 is 2.87 bits per heavy atom. The summed E-state index contributed by atoms with van der Waals surface area (Å²) in [6, 6.07) is 7.71. The van der Waals surface area contributed by atoms with Crippen LogP contribution in [0.2, 0.25) is 0 Å². The second-order valence-electron chi connectivity index (χ2n) is 5.76. The monoisotopic (exact) mass is 315 g/mol. The van der Waals surface area contributed by atoms with Crippen LogP contribution >= 0.6 is 0 Å². The number of nitrogens with zero attached hydrogens (tertiary/aromatic N) is 1. The molecule has 1 heterocycles. The highest BCUT2D eigenvalue weighted by molar-refractivity contribution is 6.23. The number of ketones is 1. The van der Waals surface area contributed by atoms with Crippen molar-refractivity contribution in [1.82, 2.24) is 0 Å². The van der Waals surface area contributed by atoms with E-state index < -0.39 is 0 Å². The number of carbonyl (C=O) groups excluding carboxylic acids is 1. The molecular formula is C18H21NO4. The van der Waals surface area contributed by atoms with Gasteiger partial charge in [-0.25, -0.2) is 0 Å². The molecule has 1 aromatic rings. The van der Waals surface area contributed by atoms with Crippen LogP contribution in [-0.2, 0) is 9.63 Å². The van der Waals surface area contributed by atoms with Crippen LogP contribution in [0.15, 0.2) is 40.8 Å². The molecule has 1 aliphatic carbocycles. The summed E-state index contributed by atoms with van der Waals surface area (Å²) in [6.45, 7) is 4.52. The standard InChI is InChI=1S/C18H21NO4/c1-3-14(19-23-4-2)17-15(20)9-12-11-7-5-6-8-16(11)22-10-13(12)18(17)21/h5-8,12-13,21H,3-4,9-10H2,1-2H3. The number of carbonyl (C=O) groups is 1. The van der Waals surface area contributed by atoms with Gasteiger partial charge >= 0.3 is 0 Å². The fourth-order valence-electron chi connectivity index (χ4n) is 3.32. The molecule has 5 nitrogen and oxygen atoms in total. The van der Waals surface area contributed by atoms with E-state index in [1.54, 1.807) is 0 Å². The first-order valence-corrected chi connectivity index (χ1v) is 8.04. The molecule has 0 bridgehead atoms. The maximum atomic E-state index is 12.6. The van der Waals surface area contributed by atoms with Crippen LogP contribution in [0.5, 0.6) is 5.75 Å². The lowest BCUT2D eigenvalue weighted by atomic mass is 9.73. The number of aliphatic hydroxyl groups is 1. The Morgan fingerprint density at radius 1 is 1.35 bits per heavy atom. The van der Waals surface area contributed by atoms with Gasteiger partial charge in [-0.2, -0.15) is 0 Å². The molecule has 2 aliphatic rings. The maximum Gasteiger partial charge on any atom is 0.168 e. The lowest BCUT2D eigenvalue weighted by Crippen LogP contribution is -2.36. The van der Waals surface area contributed by atoms with Gasteiger partial charge in [0.05, 0.1) is 23.8 Å². The number of para-hydroxylation sites is 1. The molecule has 0 spiro atoms. The fourth-order valence-corrected chi connectivity index (χ4v) is 3.32. The first-order chi connectivity index (χ1) is 11.2. The van der Waals surface area contributed by atoms with Crippen LogP contribution in [0, 0.1) is 5.92 Å². The third-order valence-electron chi connectivity index (χ3n) is 4.44. The Kier molecular flexibility index (Phi) is 4.37. The zero-order valence-electron chi connectivity index (χ0n) is 13.4. The number of oxime groups is 1. The maximum absolute atomic E-state index is 12.6. The van der Waals surface area contributed by atoms with Gasteiger partial charge in [0, 0.05) is 12.3 Å². The SMILES string of the molecule is CCON=C(CC)C1=C(O)C2COc3ccccc3C2CC1=O. The van der Waals surface area contributed by atoms with Gasteiger partial charge in [0.2, 0.25) is 0 Å². The van der Waals surface area contributed by atoms with Crippen LogP contribution < -0.4 is 4.74 Å². The van der Waals surface area contributed by atoms with Gasteiger partial charge < -0.3 is 14.7 Å². The summed E-state index contributed by atoms with van der Waals surface area (Å²) in [4.78, 5) is 17.7. The molecule has 23 heavy (non-hydrogen) atoms. The number of fused-ring (bicyclic) bond motifs is 3. The summed E-state index contributed by atoms with van der Waals surface area (Å²) in [5.41, 5.74) is 1.80. The molecule has 2 atom stereocenters. The molecule has 0 saturated carbocycles. The summed E-state index contributed by atoms with van der Waals surface area (Å²) in [6.07, 6.45) is 0.884. The van der Waals surface area contributed by atoms with E-state index >= 15 is 0 Å². The molecule has 0 radical (unpaired) electrons. The number of benzene rings is 1. The van der Waals surface area contributed by atoms with Crippen LogP contribution in [0.4, 0.5) is 0 Å². The molecular weight excluding hydrogens is 294 g/mol. The van der Waals surface area contributed by atoms with Crippen molar-refractivity contribution in [2.75, 3.05) is 13.2 Å². The highest BCUT2D eigenvalue weighted by atomic mass is 16.6. The number of allylic oxidation sites excluding steroid dienone is 1. The molecule has 2 unspecified atom stereocenters. The van der Waals surface area contributed by atoms with E-state index in [0.29, 0.717) is 37.3 Å². The van der Waals surface area contributed by atoms with Crippen molar-refractivity contribution in [3.05, 3.63) is 41.2 Å². The second-order valence-corrected chi connectivity index (χ2v) is 5.76. The van der Waals surface area contributed by atoms with E-state index in [1.807, 2.05) is 38.1 Å². The second kappa shape index (κ2) is 6.44. The molecule has 0 fully saturated rings. The normalized spacial score (nSPS) is 23.9. The molecule has 1 aliphatic heterocycles. The predicted octanol–water partition coefficient (Wildman–Crippen LogP) is 3.37. The van der Waals surface area contributed by atoms with Gasteiger partial charge in [-0.05, 0) is 25.0 Å².